The summed E-state index contributed by atoms with van der Waals surface area (Å²) < 4.78 is 0. The summed E-state index contributed by atoms with van der Waals surface area (Å²) in [4.78, 5) is 22.4. The molecule has 0 aliphatic heterocycles. The van der Waals surface area contributed by atoms with Gasteiger partial charge < -0.3 is 0 Å². The van der Waals surface area contributed by atoms with Gasteiger partial charge in [-0.05, 0) is 37.6 Å². The van der Waals surface area contributed by atoms with Gasteiger partial charge in [-0.15, -0.1) is 0 Å². The minimum absolute atomic E-state index is 0.101. The molecule has 0 aliphatic rings. The smallest absolute Gasteiger partial charge is 0.267 e. The zero-order valence-electron chi connectivity index (χ0n) is 12.5. The van der Waals surface area contributed by atoms with Gasteiger partial charge in [0.1, 0.15) is 0 Å². The Kier molecular flexibility index (Phi) is 5.08. The molecule has 0 aliphatic carbocycles. The SMILES string of the molecule is CC(=NNC(=O)c1ccc(C)c([N+](=O)[O-])c1)c1ccc(Cl)cc1. The summed E-state index contributed by atoms with van der Waals surface area (Å²) in [5.41, 5.74) is 4.36. The quantitative estimate of drug-likeness (QED) is 0.526. The Morgan fingerprint density at radius 2 is 1.78 bits per heavy atom. The van der Waals surface area contributed by atoms with Gasteiger partial charge in [-0.1, -0.05) is 29.8 Å². The molecule has 0 heterocycles. The summed E-state index contributed by atoms with van der Waals surface area (Å²) in [7, 11) is 0. The second-order valence-corrected chi connectivity index (χ2v) is 5.34. The number of nitrogens with one attached hydrogen (secondary N) is 1. The molecule has 0 fully saturated rings. The van der Waals surface area contributed by atoms with Crippen molar-refractivity contribution in [2.24, 2.45) is 5.10 Å². The van der Waals surface area contributed by atoms with Gasteiger partial charge in [-0.2, -0.15) is 5.10 Å². The zero-order chi connectivity index (χ0) is 17.0. The summed E-state index contributed by atoms with van der Waals surface area (Å²) >= 11 is 5.81. The number of nitro benzene ring substituents is 1. The number of amides is 1. The van der Waals surface area contributed by atoms with Gasteiger partial charge in [0.05, 0.1) is 10.6 Å². The Labute approximate surface area is 137 Å². The second kappa shape index (κ2) is 7.02. The summed E-state index contributed by atoms with van der Waals surface area (Å²) in [6.07, 6.45) is 0. The van der Waals surface area contributed by atoms with E-state index in [1.807, 2.05) is 0 Å². The third kappa shape index (κ3) is 4.14. The van der Waals surface area contributed by atoms with Gasteiger partial charge in [-0.3, -0.25) is 14.9 Å². The average molecular weight is 332 g/mol. The summed E-state index contributed by atoms with van der Waals surface area (Å²) in [5, 5.41) is 15.5. The molecule has 0 saturated carbocycles. The minimum atomic E-state index is -0.520. The Morgan fingerprint density at radius 3 is 2.39 bits per heavy atom. The Bertz CT molecular complexity index is 786. The van der Waals surface area contributed by atoms with Crippen molar-refractivity contribution in [3.63, 3.8) is 0 Å². The first-order valence-electron chi connectivity index (χ1n) is 6.74. The molecular weight excluding hydrogens is 318 g/mol. The molecule has 1 amide bonds. The largest absolute Gasteiger partial charge is 0.273 e. The molecule has 0 unspecified atom stereocenters. The van der Waals surface area contributed by atoms with Crippen molar-refractivity contribution >= 4 is 28.9 Å². The van der Waals surface area contributed by atoms with Crippen LogP contribution in [0.25, 0.3) is 0 Å². The third-order valence-electron chi connectivity index (χ3n) is 3.26. The number of aryl methyl sites for hydroxylation is 1. The number of nitrogens with zero attached hydrogens (tertiary/aromatic N) is 2. The number of halogens is 1. The molecule has 0 bridgehead atoms. The number of benzene rings is 2. The lowest BCUT2D eigenvalue weighted by molar-refractivity contribution is -0.385. The highest BCUT2D eigenvalue weighted by Crippen LogP contribution is 2.19. The van der Waals surface area contributed by atoms with Crippen molar-refractivity contribution in [2.45, 2.75) is 13.8 Å². The number of hydrogen-bond donors (Lipinski definition) is 1. The van der Waals surface area contributed by atoms with Crippen molar-refractivity contribution in [3.05, 3.63) is 74.3 Å². The standard InChI is InChI=1S/C16H14ClN3O3/c1-10-3-4-13(9-15(10)20(22)23)16(21)19-18-11(2)12-5-7-14(17)8-6-12/h3-9H,1-2H3,(H,19,21). The van der Waals surface area contributed by atoms with Crippen molar-refractivity contribution in [1.82, 2.24) is 5.43 Å². The highest BCUT2D eigenvalue weighted by molar-refractivity contribution is 6.30. The van der Waals surface area contributed by atoms with Gasteiger partial charge in [0.25, 0.3) is 11.6 Å². The predicted octanol–water partition coefficient (Wildman–Crippen LogP) is 3.71. The first-order valence-corrected chi connectivity index (χ1v) is 7.12. The number of hydrazone groups is 1. The van der Waals surface area contributed by atoms with Crippen LogP contribution in [-0.4, -0.2) is 16.5 Å². The van der Waals surface area contributed by atoms with Gasteiger partial charge in [-0.25, -0.2) is 5.43 Å². The predicted molar refractivity (Wildman–Crippen MR) is 89.0 cm³/mol. The first kappa shape index (κ1) is 16.6. The normalized spacial score (nSPS) is 11.2. The molecule has 0 radical (unpaired) electrons. The zero-order valence-corrected chi connectivity index (χ0v) is 13.3. The molecular formula is C16H14ClN3O3. The van der Waals surface area contributed by atoms with E-state index in [4.69, 9.17) is 11.6 Å². The molecule has 0 aromatic heterocycles. The van der Waals surface area contributed by atoms with E-state index in [0.29, 0.717) is 16.3 Å². The van der Waals surface area contributed by atoms with E-state index in [9.17, 15) is 14.9 Å². The van der Waals surface area contributed by atoms with Crippen molar-refractivity contribution < 1.29 is 9.72 Å². The maximum atomic E-state index is 12.1. The lowest BCUT2D eigenvalue weighted by atomic mass is 10.1. The number of rotatable bonds is 4. The Hall–Kier alpha value is -2.73. The van der Waals surface area contributed by atoms with Crippen molar-refractivity contribution in [1.29, 1.82) is 0 Å². The van der Waals surface area contributed by atoms with Crippen LogP contribution in [0.3, 0.4) is 0 Å². The molecule has 2 aromatic rings. The topological polar surface area (TPSA) is 84.6 Å². The van der Waals surface area contributed by atoms with E-state index in [-0.39, 0.29) is 11.3 Å². The first-order chi connectivity index (χ1) is 10.9. The number of hydrogen-bond acceptors (Lipinski definition) is 4. The fourth-order valence-corrected chi connectivity index (χ4v) is 2.03. The fourth-order valence-electron chi connectivity index (χ4n) is 1.90. The van der Waals surface area contributed by atoms with Gasteiger partial charge in [0.2, 0.25) is 0 Å². The molecule has 7 heteroatoms. The Balaban J connectivity index is 2.16. The molecule has 1 N–H and O–H groups in total. The van der Waals surface area contributed by atoms with Crippen molar-refractivity contribution in [2.75, 3.05) is 0 Å². The number of nitro groups is 1. The molecule has 0 atom stereocenters. The van der Waals surface area contributed by atoms with Crippen LogP contribution in [0.1, 0.15) is 28.4 Å². The molecule has 118 valence electrons. The molecule has 2 rings (SSSR count). The highest BCUT2D eigenvalue weighted by atomic mass is 35.5. The molecule has 23 heavy (non-hydrogen) atoms. The third-order valence-corrected chi connectivity index (χ3v) is 3.51. The summed E-state index contributed by atoms with van der Waals surface area (Å²) in [6, 6.07) is 11.3. The van der Waals surface area contributed by atoms with E-state index >= 15 is 0 Å². The lowest BCUT2D eigenvalue weighted by Crippen LogP contribution is -2.19. The van der Waals surface area contributed by atoms with Crippen LogP contribution in [0.4, 0.5) is 5.69 Å². The van der Waals surface area contributed by atoms with Crippen LogP contribution in [0.15, 0.2) is 47.6 Å². The van der Waals surface area contributed by atoms with Crippen LogP contribution < -0.4 is 5.43 Å². The highest BCUT2D eigenvalue weighted by Gasteiger charge is 2.14. The van der Waals surface area contributed by atoms with E-state index in [1.54, 1.807) is 38.1 Å². The summed E-state index contributed by atoms with van der Waals surface area (Å²) in [6.45, 7) is 3.35. The molecule has 0 saturated heterocycles. The van der Waals surface area contributed by atoms with E-state index in [0.717, 1.165) is 5.56 Å². The van der Waals surface area contributed by atoms with Crippen LogP contribution in [0.5, 0.6) is 0 Å². The maximum absolute atomic E-state index is 12.1. The van der Waals surface area contributed by atoms with E-state index < -0.39 is 10.8 Å². The van der Waals surface area contributed by atoms with Gasteiger partial charge in [0, 0.05) is 22.2 Å². The van der Waals surface area contributed by atoms with E-state index in [1.165, 1.54) is 18.2 Å². The van der Waals surface area contributed by atoms with Crippen LogP contribution >= 0.6 is 11.6 Å². The average Bonchev–Trinajstić information content (AvgIpc) is 2.53. The van der Waals surface area contributed by atoms with Gasteiger partial charge >= 0.3 is 0 Å². The molecule has 0 spiro atoms. The Morgan fingerprint density at radius 1 is 1.17 bits per heavy atom. The van der Waals surface area contributed by atoms with E-state index in [2.05, 4.69) is 10.5 Å². The maximum Gasteiger partial charge on any atom is 0.273 e. The molecule has 6 nitrogen and oxygen atoms in total. The van der Waals surface area contributed by atoms with Crippen LogP contribution in [0.2, 0.25) is 5.02 Å². The summed E-state index contributed by atoms with van der Waals surface area (Å²) in [5.74, 6) is -0.513. The van der Waals surface area contributed by atoms with Crippen molar-refractivity contribution in [3.8, 4) is 0 Å². The second-order valence-electron chi connectivity index (χ2n) is 4.90. The van der Waals surface area contributed by atoms with Gasteiger partial charge in [0.15, 0.2) is 0 Å². The lowest BCUT2D eigenvalue weighted by Gasteiger charge is -2.04. The number of carbonyl (C=O) groups excluding carboxylic acids is 1. The van der Waals surface area contributed by atoms with Crippen LogP contribution in [0, 0.1) is 17.0 Å². The number of carbonyl (C=O) groups is 1. The molecule has 2 aromatic carbocycles. The van der Waals surface area contributed by atoms with Crippen LogP contribution in [-0.2, 0) is 0 Å². The monoisotopic (exact) mass is 331 g/mol. The fraction of sp³-hybridized carbons (Fsp3) is 0.125. The minimum Gasteiger partial charge on any atom is -0.267 e.